The predicted octanol–water partition coefficient (Wildman–Crippen LogP) is 2.75. The van der Waals surface area contributed by atoms with Crippen molar-refractivity contribution in [2.45, 2.75) is 30.6 Å². The standard InChI is InChI=1S/C13H15ClN2O3S2/c1-8(2)7-10(12(14)17)16-21(18,19)13-15-9-5-3-4-6-11(9)20-13/h3-6,8,10,16H,7H2,1-2H3/t10-/m1/s1. The van der Waals surface area contributed by atoms with Crippen LogP contribution in [0, 0.1) is 5.92 Å². The zero-order valence-electron chi connectivity index (χ0n) is 11.5. The molecule has 0 fully saturated rings. The quantitative estimate of drug-likeness (QED) is 0.816. The van der Waals surface area contributed by atoms with Crippen molar-refractivity contribution in [1.29, 1.82) is 0 Å². The highest BCUT2D eigenvalue weighted by Crippen LogP contribution is 2.25. The highest BCUT2D eigenvalue weighted by molar-refractivity contribution is 7.91. The van der Waals surface area contributed by atoms with Gasteiger partial charge in [-0.25, -0.2) is 13.4 Å². The van der Waals surface area contributed by atoms with Gasteiger partial charge in [-0.15, -0.1) is 11.3 Å². The van der Waals surface area contributed by atoms with Crippen LogP contribution in [0.1, 0.15) is 20.3 Å². The fourth-order valence-corrected chi connectivity index (χ4v) is 4.52. The molecule has 0 saturated heterocycles. The number of aromatic nitrogens is 1. The van der Waals surface area contributed by atoms with Gasteiger partial charge in [-0.1, -0.05) is 26.0 Å². The van der Waals surface area contributed by atoms with E-state index in [1.165, 1.54) is 0 Å². The summed E-state index contributed by atoms with van der Waals surface area (Å²) in [6.07, 6.45) is 0.340. The van der Waals surface area contributed by atoms with Crippen LogP contribution in [0.5, 0.6) is 0 Å². The molecule has 1 aromatic heterocycles. The lowest BCUT2D eigenvalue weighted by Gasteiger charge is -2.15. The van der Waals surface area contributed by atoms with Crippen LogP contribution in [-0.4, -0.2) is 24.7 Å². The molecule has 1 aromatic carbocycles. The van der Waals surface area contributed by atoms with Gasteiger partial charge in [0.1, 0.15) is 0 Å². The second-order valence-corrected chi connectivity index (χ2v) is 8.35. The van der Waals surface area contributed by atoms with Gasteiger partial charge < -0.3 is 0 Å². The van der Waals surface area contributed by atoms with Crippen LogP contribution in [0.25, 0.3) is 10.2 Å². The Morgan fingerprint density at radius 2 is 2.05 bits per heavy atom. The number of benzene rings is 1. The fourth-order valence-electron chi connectivity index (χ4n) is 1.86. The average molecular weight is 347 g/mol. The van der Waals surface area contributed by atoms with E-state index in [0.29, 0.717) is 11.9 Å². The van der Waals surface area contributed by atoms with E-state index in [2.05, 4.69) is 9.71 Å². The van der Waals surface area contributed by atoms with Crippen molar-refractivity contribution in [2.75, 3.05) is 0 Å². The van der Waals surface area contributed by atoms with Gasteiger partial charge in [-0.2, -0.15) is 4.72 Å². The Morgan fingerprint density at radius 1 is 1.38 bits per heavy atom. The molecule has 0 spiro atoms. The molecule has 1 heterocycles. The van der Waals surface area contributed by atoms with Crippen molar-refractivity contribution in [1.82, 2.24) is 9.71 Å². The molecule has 0 saturated carbocycles. The lowest BCUT2D eigenvalue weighted by molar-refractivity contribution is -0.113. The molecular weight excluding hydrogens is 332 g/mol. The summed E-state index contributed by atoms with van der Waals surface area (Å²) in [5.74, 6) is 0.135. The van der Waals surface area contributed by atoms with Crippen molar-refractivity contribution in [3.05, 3.63) is 24.3 Å². The minimum absolute atomic E-state index is 0.0598. The van der Waals surface area contributed by atoms with Crippen molar-refractivity contribution in [2.24, 2.45) is 5.92 Å². The van der Waals surface area contributed by atoms with E-state index in [1.54, 1.807) is 18.2 Å². The maximum atomic E-state index is 12.3. The zero-order chi connectivity index (χ0) is 15.6. The first-order valence-corrected chi connectivity index (χ1v) is 9.04. The summed E-state index contributed by atoms with van der Waals surface area (Å²) in [7, 11) is -3.86. The number of halogens is 1. The van der Waals surface area contributed by atoms with E-state index in [-0.39, 0.29) is 10.3 Å². The molecule has 1 atom stereocenters. The third kappa shape index (κ3) is 4.00. The molecule has 0 unspecified atom stereocenters. The molecule has 0 radical (unpaired) electrons. The summed E-state index contributed by atoms with van der Waals surface area (Å²) in [4.78, 5) is 15.5. The molecule has 0 aliphatic rings. The molecule has 5 nitrogen and oxygen atoms in total. The number of hydrogen-bond donors (Lipinski definition) is 1. The first-order chi connectivity index (χ1) is 9.79. The second-order valence-electron chi connectivity index (χ2n) is 5.06. The van der Waals surface area contributed by atoms with Gasteiger partial charge in [-0.3, -0.25) is 4.79 Å². The SMILES string of the molecule is CC(C)C[C@@H](NS(=O)(=O)c1nc2ccccc2s1)C(=O)Cl. The molecular formula is C13H15ClN2O3S2. The maximum absolute atomic E-state index is 12.3. The molecule has 0 aliphatic carbocycles. The smallest absolute Gasteiger partial charge is 0.268 e. The van der Waals surface area contributed by atoms with E-state index in [4.69, 9.17) is 11.6 Å². The molecule has 114 valence electrons. The number of nitrogens with zero attached hydrogens (tertiary/aromatic N) is 1. The highest BCUT2D eigenvalue weighted by Gasteiger charge is 2.27. The van der Waals surface area contributed by atoms with Gasteiger partial charge in [0.15, 0.2) is 0 Å². The average Bonchev–Trinajstić information content (AvgIpc) is 2.81. The fraction of sp³-hybridized carbons (Fsp3) is 0.385. The Labute approximate surface area is 132 Å². The van der Waals surface area contributed by atoms with Crippen LogP contribution < -0.4 is 4.72 Å². The number of carbonyl (C=O) groups is 1. The van der Waals surface area contributed by atoms with Crippen molar-refractivity contribution < 1.29 is 13.2 Å². The van der Waals surface area contributed by atoms with E-state index < -0.39 is 21.3 Å². The van der Waals surface area contributed by atoms with E-state index >= 15 is 0 Å². The Morgan fingerprint density at radius 3 is 2.62 bits per heavy atom. The van der Waals surface area contributed by atoms with Gasteiger partial charge in [0.05, 0.1) is 16.3 Å². The van der Waals surface area contributed by atoms with Crippen LogP contribution in [0.3, 0.4) is 0 Å². The molecule has 2 aromatic rings. The highest BCUT2D eigenvalue weighted by atomic mass is 35.5. The molecule has 0 bridgehead atoms. The van der Waals surface area contributed by atoms with Gasteiger partial charge in [0.25, 0.3) is 10.0 Å². The van der Waals surface area contributed by atoms with E-state index in [0.717, 1.165) is 16.0 Å². The van der Waals surface area contributed by atoms with Crippen LogP contribution in [0.2, 0.25) is 0 Å². The van der Waals surface area contributed by atoms with E-state index in [9.17, 15) is 13.2 Å². The number of thiazole rings is 1. The topological polar surface area (TPSA) is 76.1 Å². The molecule has 1 N–H and O–H groups in total. The van der Waals surface area contributed by atoms with Gasteiger partial charge in [0, 0.05) is 0 Å². The van der Waals surface area contributed by atoms with Crippen molar-refractivity contribution in [3.8, 4) is 0 Å². The Bertz CT molecular complexity index is 723. The number of rotatable bonds is 6. The van der Waals surface area contributed by atoms with E-state index in [1.807, 2.05) is 19.9 Å². The first kappa shape index (κ1) is 16.4. The third-order valence-corrected chi connectivity index (χ3v) is 5.93. The summed E-state index contributed by atoms with van der Waals surface area (Å²) >= 11 is 6.54. The molecule has 8 heteroatoms. The lowest BCUT2D eigenvalue weighted by Crippen LogP contribution is -2.39. The van der Waals surface area contributed by atoms with Gasteiger partial charge in [0.2, 0.25) is 9.58 Å². The summed E-state index contributed by atoms with van der Waals surface area (Å²) in [5.41, 5.74) is 0.612. The molecule has 21 heavy (non-hydrogen) atoms. The summed E-state index contributed by atoms with van der Waals surface area (Å²) in [6.45, 7) is 3.78. The Hall–Kier alpha value is -1.02. The number of fused-ring (bicyclic) bond motifs is 1. The van der Waals surface area contributed by atoms with Gasteiger partial charge in [-0.05, 0) is 36.1 Å². The van der Waals surface area contributed by atoms with Crippen LogP contribution in [0.15, 0.2) is 28.6 Å². The first-order valence-electron chi connectivity index (χ1n) is 6.37. The molecule has 0 aliphatic heterocycles. The molecule has 2 rings (SSSR count). The maximum Gasteiger partial charge on any atom is 0.268 e. The summed E-state index contributed by atoms with van der Waals surface area (Å²) in [5, 5.41) is -0.714. The monoisotopic (exact) mass is 346 g/mol. The number of hydrogen-bond acceptors (Lipinski definition) is 5. The third-order valence-electron chi connectivity index (χ3n) is 2.78. The zero-order valence-corrected chi connectivity index (χ0v) is 13.9. The largest absolute Gasteiger partial charge is 0.279 e. The minimum atomic E-state index is -3.86. The Kier molecular flexibility index (Phi) is 4.98. The minimum Gasteiger partial charge on any atom is -0.279 e. The van der Waals surface area contributed by atoms with Crippen LogP contribution in [-0.2, 0) is 14.8 Å². The van der Waals surface area contributed by atoms with Crippen molar-refractivity contribution in [3.63, 3.8) is 0 Å². The normalized spacial score (nSPS) is 13.7. The van der Waals surface area contributed by atoms with Crippen LogP contribution >= 0.6 is 22.9 Å². The summed E-state index contributed by atoms with van der Waals surface area (Å²) in [6, 6.07) is 6.20. The second kappa shape index (κ2) is 6.39. The molecule has 0 amide bonds. The lowest BCUT2D eigenvalue weighted by atomic mass is 10.1. The van der Waals surface area contributed by atoms with Crippen LogP contribution in [0.4, 0.5) is 0 Å². The predicted molar refractivity (Wildman–Crippen MR) is 84.0 cm³/mol. The Balaban J connectivity index is 2.30. The summed E-state index contributed by atoms with van der Waals surface area (Å²) < 4.78 is 27.7. The number of carbonyl (C=O) groups excluding carboxylic acids is 1. The van der Waals surface area contributed by atoms with Gasteiger partial charge >= 0.3 is 0 Å². The number of nitrogens with one attached hydrogen (secondary N) is 1. The van der Waals surface area contributed by atoms with Crippen molar-refractivity contribution >= 4 is 48.4 Å². The number of para-hydroxylation sites is 1. The number of sulfonamides is 1.